The molecule has 0 unspecified atom stereocenters. The molecule has 0 bridgehead atoms. The van der Waals surface area contributed by atoms with Gasteiger partial charge in [0.2, 0.25) is 10.0 Å². The van der Waals surface area contributed by atoms with E-state index in [1.807, 2.05) is 29.1 Å². The van der Waals surface area contributed by atoms with Crippen LogP contribution < -0.4 is 10.0 Å². The lowest BCUT2D eigenvalue weighted by Gasteiger charge is -2.10. The molecule has 1 aromatic carbocycles. The Labute approximate surface area is 157 Å². The Morgan fingerprint density at radius 3 is 2.46 bits per heavy atom. The molecule has 3 aromatic rings. The number of halogens is 1. The van der Waals surface area contributed by atoms with Crippen molar-refractivity contribution >= 4 is 27.4 Å². The highest BCUT2D eigenvalue weighted by Gasteiger charge is 2.12. The van der Waals surface area contributed by atoms with Gasteiger partial charge in [-0.2, -0.15) is 0 Å². The summed E-state index contributed by atoms with van der Waals surface area (Å²) >= 11 is 5.78. The number of anilines is 1. The van der Waals surface area contributed by atoms with E-state index in [1.165, 1.54) is 12.1 Å². The Kier molecular flexibility index (Phi) is 5.55. The molecule has 136 valence electrons. The van der Waals surface area contributed by atoms with E-state index in [-0.39, 0.29) is 11.4 Å². The zero-order valence-electron chi connectivity index (χ0n) is 14.1. The summed E-state index contributed by atoms with van der Waals surface area (Å²) in [6.07, 6.45) is 3.79. The molecule has 9 heteroatoms. The van der Waals surface area contributed by atoms with E-state index in [2.05, 4.69) is 20.0 Å². The van der Waals surface area contributed by atoms with Crippen LogP contribution in [0.3, 0.4) is 0 Å². The summed E-state index contributed by atoms with van der Waals surface area (Å²) in [4.78, 5) is 8.87. The van der Waals surface area contributed by atoms with E-state index < -0.39 is 10.0 Å². The molecule has 0 saturated carbocycles. The van der Waals surface area contributed by atoms with Gasteiger partial charge in [-0.15, -0.1) is 0 Å². The number of sulfonamides is 1. The highest BCUT2D eigenvalue weighted by molar-refractivity contribution is 7.89. The minimum atomic E-state index is -3.57. The van der Waals surface area contributed by atoms with E-state index >= 15 is 0 Å². The highest BCUT2D eigenvalue weighted by Crippen LogP contribution is 2.14. The Bertz CT molecular complexity index is 973. The van der Waals surface area contributed by atoms with Gasteiger partial charge in [-0.3, -0.25) is 0 Å². The number of rotatable bonds is 7. The van der Waals surface area contributed by atoms with E-state index in [1.54, 1.807) is 25.1 Å². The smallest absolute Gasteiger partial charge is 0.240 e. The molecule has 0 aliphatic heterocycles. The quantitative estimate of drug-likeness (QED) is 0.604. The number of hydrogen-bond donors (Lipinski definition) is 2. The molecule has 2 aromatic heterocycles. The summed E-state index contributed by atoms with van der Waals surface area (Å²) in [6.45, 7) is 2.41. The molecule has 0 fully saturated rings. The first-order valence-electron chi connectivity index (χ1n) is 7.92. The topological polar surface area (TPSA) is 88.9 Å². The van der Waals surface area contributed by atoms with Crippen LogP contribution in [0.25, 0.3) is 5.82 Å². The maximum Gasteiger partial charge on any atom is 0.240 e. The Morgan fingerprint density at radius 1 is 1.08 bits per heavy atom. The maximum atomic E-state index is 12.2. The zero-order valence-corrected chi connectivity index (χ0v) is 15.6. The van der Waals surface area contributed by atoms with Crippen molar-refractivity contribution in [1.29, 1.82) is 0 Å². The Balaban J connectivity index is 1.59. The maximum absolute atomic E-state index is 12.2. The minimum Gasteiger partial charge on any atom is -0.369 e. The van der Waals surface area contributed by atoms with Crippen molar-refractivity contribution in [3.63, 3.8) is 0 Å². The van der Waals surface area contributed by atoms with Gasteiger partial charge in [-0.1, -0.05) is 11.6 Å². The predicted octanol–water partition coefficient (Wildman–Crippen LogP) is 2.62. The van der Waals surface area contributed by atoms with Crippen LogP contribution >= 0.6 is 11.6 Å². The molecule has 0 saturated heterocycles. The van der Waals surface area contributed by atoms with Crippen LogP contribution in [0.2, 0.25) is 5.02 Å². The fourth-order valence-electron chi connectivity index (χ4n) is 2.34. The van der Waals surface area contributed by atoms with Gasteiger partial charge in [-0.05, 0) is 43.3 Å². The normalized spacial score (nSPS) is 11.5. The first-order valence-corrected chi connectivity index (χ1v) is 9.78. The molecule has 0 aliphatic rings. The van der Waals surface area contributed by atoms with Gasteiger partial charge < -0.3 is 9.88 Å². The number of aromatic nitrogens is 3. The van der Waals surface area contributed by atoms with Crippen LogP contribution in [0.5, 0.6) is 0 Å². The molecule has 0 radical (unpaired) electrons. The number of benzene rings is 1. The summed E-state index contributed by atoms with van der Waals surface area (Å²) in [6, 6.07) is 11.7. The third-order valence-electron chi connectivity index (χ3n) is 3.54. The molecule has 2 heterocycles. The fourth-order valence-corrected chi connectivity index (χ4v) is 3.49. The van der Waals surface area contributed by atoms with Gasteiger partial charge in [0, 0.05) is 36.6 Å². The summed E-state index contributed by atoms with van der Waals surface area (Å²) in [5.41, 5.74) is 0. The SMILES string of the molecule is Cc1nc(NCCNS(=O)(=O)c2ccc(Cl)cc2)cc(-n2cccc2)n1. The third-order valence-corrected chi connectivity index (χ3v) is 5.27. The molecular weight excluding hydrogens is 374 g/mol. The number of aryl methyl sites for hydroxylation is 1. The summed E-state index contributed by atoms with van der Waals surface area (Å²) in [7, 11) is -3.57. The second kappa shape index (κ2) is 7.86. The van der Waals surface area contributed by atoms with Crippen molar-refractivity contribution in [1.82, 2.24) is 19.3 Å². The van der Waals surface area contributed by atoms with Gasteiger partial charge in [0.05, 0.1) is 4.90 Å². The van der Waals surface area contributed by atoms with Crippen molar-refractivity contribution in [2.75, 3.05) is 18.4 Å². The fraction of sp³-hybridized carbons (Fsp3) is 0.176. The molecule has 2 N–H and O–H groups in total. The molecule has 3 rings (SSSR count). The van der Waals surface area contributed by atoms with Gasteiger partial charge in [0.1, 0.15) is 17.5 Å². The van der Waals surface area contributed by atoms with Crippen LogP contribution in [-0.2, 0) is 10.0 Å². The summed E-state index contributed by atoms with van der Waals surface area (Å²) in [5, 5.41) is 3.60. The third kappa shape index (κ3) is 4.60. The average molecular weight is 392 g/mol. The molecule has 0 aliphatic carbocycles. The van der Waals surface area contributed by atoms with Crippen molar-refractivity contribution in [2.24, 2.45) is 0 Å². The lowest BCUT2D eigenvalue weighted by Crippen LogP contribution is -2.29. The van der Waals surface area contributed by atoms with E-state index in [9.17, 15) is 8.42 Å². The van der Waals surface area contributed by atoms with Crippen LogP contribution in [0.1, 0.15) is 5.82 Å². The molecule has 0 atom stereocenters. The zero-order chi connectivity index (χ0) is 18.6. The van der Waals surface area contributed by atoms with E-state index in [4.69, 9.17) is 11.6 Å². The molecular formula is C17H18ClN5O2S. The highest BCUT2D eigenvalue weighted by atomic mass is 35.5. The predicted molar refractivity (Wildman–Crippen MR) is 101 cm³/mol. The molecule has 7 nitrogen and oxygen atoms in total. The number of hydrogen-bond acceptors (Lipinski definition) is 5. The summed E-state index contributed by atoms with van der Waals surface area (Å²) in [5.74, 6) is 2.00. The minimum absolute atomic E-state index is 0.176. The van der Waals surface area contributed by atoms with Crippen molar-refractivity contribution in [3.05, 3.63) is 65.7 Å². The molecule has 0 spiro atoms. The largest absolute Gasteiger partial charge is 0.369 e. The van der Waals surface area contributed by atoms with Crippen LogP contribution in [0, 0.1) is 6.92 Å². The second-order valence-electron chi connectivity index (χ2n) is 5.53. The number of nitrogens with zero attached hydrogens (tertiary/aromatic N) is 3. The number of nitrogens with one attached hydrogen (secondary N) is 2. The van der Waals surface area contributed by atoms with Crippen molar-refractivity contribution in [2.45, 2.75) is 11.8 Å². The van der Waals surface area contributed by atoms with Crippen LogP contribution in [-0.4, -0.2) is 36.0 Å². The van der Waals surface area contributed by atoms with E-state index in [0.29, 0.717) is 23.2 Å². The van der Waals surface area contributed by atoms with Crippen LogP contribution in [0.4, 0.5) is 5.82 Å². The average Bonchev–Trinajstić information content (AvgIpc) is 3.13. The second-order valence-corrected chi connectivity index (χ2v) is 7.73. The Hall–Kier alpha value is -2.42. The standard InChI is InChI=1S/C17H18ClN5O2S/c1-13-21-16(12-17(22-13)23-10-2-3-11-23)19-8-9-20-26(24,25)15-6-4-14(18)5-7-15/h2-7,10-12,20H,8-9H2,1H3,(H,19,21,22). The van der Waals surface area contributed by atoms with Crippen molar-refractivity contribution < 1.29 is 8.42 Å². The Morgan fingerprint density at radius 2 is 1.77 bits per heavy atom. The lowest BCUT2D eigenvalue weighted by atomic mass is 10.4. The van der Waals surface area contributed by atoms with Gasteiger partial charge in [0.15, 0.2) is 0 Å². The van der Waals surface area contributed by atoms with Gasteiger partial charge in [-0.25, -0.2) is 23.1 Å². The van der Waals surface area contributed by atoms with Gasteiger partial charge >= 0.3 is 0 Å². The monoisotopic (exact) mass is 391 g/mol. The first-order chi connectivity index (χ1) is 12.4. The first kappa shape index (κ1) is 18.4. The molecule has 26 heavy (non-hydrogen) atoms. The van der Waals surface area contributed by atoms with E-state index in [0.717, 1.165) is 5.82 Å². The molecule has 0 amide bonds. The lowest BCUT2D eigenvalue weighted by molar-refractivity contribution is 0.583. The van der Waals surface area contributed by atoms with Gasteiger partial charge in [0.25, 0.3) is 0 Å². The van der Waals surface area contributed by atoms with Crippen LogP contribution in [0.15, 0.2) is 59.8 Å². The van der Waals surface area contributed by atoms with Crippen molar-refractivity contribution in [3.8, 4) is 5.82 Å². The summed E-state index contributed by atoms with van der Waals surface area (Å²) < 4.78 is 28.8.